The first-order valence-corrected chi connectivity index (χ1v) is 6.75. The molecule has 0 amide bonds. The van der Waals surface area contributed by atoms with Gasteiger partial charge in [0, 0.05) is 29.1 Å². The molecule has 0 bridgehead atoms. The van der Waals surface area contributed by atoms with Gasteiger partial charge in [-0.3, -0.25) is 4.98 Å². The Morgan fingerprint density at radius 1 is 1.26 bits per heavy atom. The lowest BCUT2D eigenvalue weighted by Crippen LogP contribution is -1.86. The Balaban J connectivity index is 2.01. The lowest BCUT2D eigenvalue weighted by Gasteiger charge is -2.03. The smallest absolute Gasteiger partial charge is 0.328 e. The number of hydrogen-bond acceptors (Lipinski definition) is 3. The molecule has 1 aromatic carbocycles. The van der Waals surface area contributed by atoms with Crippen molar-refractivity contribution in [2.75, 3.05) is 0 Å². The predicted molar refractivity (Wildman–Crippen MR) is 76.9 cm³/mol. The third kappa shape index (κ3) is 4.60. The molecule has 0 saturated carbocycles. The first kappa shape index (κ1) is 13.4. The molecule has 3 nitrogen and oxygen atoms in total. The summed E-state index contributed by atoms with van der Waals surface area (Å²) in [5, 5.41) is 8.60. The van der Waals surface area contributed by atoms with Gasteiger partial charge in [-0.15, -0.1) is 11.8 Å². The first-order valence-electron chi connectivity index (χ1n) is 5.77. The standard InChI is InChI=1S/C15H13NO2S/c17-15(18)5-4-12-2-1-3-13(10-12)11-19-14-6-8-16-9-7-14/h1-10H,11H2,(H,17,18). The molecule has 1 aromatic heterocycles. The van der Waals surface area contributed by atoms with Gasteiger partial charge in [-0.1, -0.05) is 24.3 Å². The molecule has 0 aliphatic heterocycles. The summed E-state index contributed by atoms with van der Waals surface area (Å²) in [5.74, 6) is -0.0877. The average molecular weight is 271 g/mol. The van der Waals surface area contributed by atoms with Gasteiger partial charge in [0.2, 0.25) is 0 Å². The molecule has 2 aromatic rings. The Morgan fingerprint density at radius 2 is 2.05 bits per heavy atom. The summed E-state index contributed by atoms with van der Waals surface area (Å²) in [4.78, 5) is 15.6. The van der Waals surface area contributed by atoms with E-state index in [1.54, 1.807) is 30.2 Å². The molecular formula is C15H13NO2S. The molecule has 0 atom stereocenters. The van der Waals surface area contributed by atoms with Crippen molar-refractivity contribution in [2.45, 2.75) is 10.6 Å². The number of carbonyl (C=O) groups is 1. The molecule has 1 heterocycles. The summed E-state index contributed by atoms with van der Waals surface area (Å²) < 4.78 is 0. The van der Waals surface area contributed by atoms with Gasteiger partial charge in [0.05, 0.1) is 0 Å². The monoisotopic (exact) mass is 271 g/mol. The van der Waals surface area contributed by atoms with Crippen LogP contribution in [0, 0.1) is 0 Å². The summed E-state index contributed by atoms with van der Waals surface area (Å²) in [5.41, 5.74) is 2.06. The number of benzene rings is 1. The summed E-state index contributed by atoms with van der Waals surface area (Å²) in [6, 6.07) is 11.8. The van der Waals surface area contributed by atoms with Crippen LogP contribution in [-0.4, -0.2) is 16.1 Å². The highest BCUT2D eigenvalue weighted by atomic mass is 32.2. The number of nitrogens with zero attached hydrogens (tertiary/aromatic N) is 1. The number of aliphatic carboxylic acids is 1. The zero-order valence-corrected chi connectivity index (χ0v) is 11.0. The highest BCUT2D eigenvalue weighted by Gasteiger charge is 1.97. The topological polar surface area (TPSA) is 50.2 Å². The van der Waals surface area contributed by atoms with Gasteiger partial charge in [0.15, 0.2) is 0 Å². The van der Waals surface area contributed by atoms with Crippen molar-refractivity contribution < 1.29 is 9.90 Å². The Bertz CT molecular complexity index is 582. The zero-order valence-electron chi connectivity index (χ0n) is 10.2. The highest BCUT2D eigenvalue weighted by molar-refractivity contribution is 7.98. The van der Waals surface area contributed by atoms with Crippen LogP contribution < -0.4 is 0 Å². The van der Waals surface area contributed by atoms with E-state index in [9.17, 15) is 4.79 Å². The molecule has 1 N–H and O–H groups in total. The fourth-order valence-corrected chi connectivity index (χ4v) is 2.38. The van der Waals surface area contributed by atoms with Crippen LogP contribution in [-0.2, 0) is 10.5 Å². The van der Waals surface area contributed by atoms with E-state index in [-0.39, 0.29) is 0 Å². The maximum Gasteiger partial charge on any atom is 0.328 e. The normalized spacial score (nSPS) is 10.7. The number of carboxylic acid groups (broad SMARTS) is 1. The quantitative estimate of drug-likeness (QED) is 0.668. The highest BCUT2D eigenvalue weighted by Crippen LogP contribution is 2.22. The molecule has 19 heavy (non-hydrogen) atoms. The van der Waals surface area contributed by atoms with Crippen LogP contribution in [0.3, 0.4) is 0 Å². The zero-order chi connectivity index (χ0) is 13.5. The van der Waals surface area contributed by atoms with E-state index in [4.69, 9.17) is 5.11 Å². The van der Waals surface area contributed by atoms with E-state index in [0.717, 1.165) is 23.0 Å². The van der Waals surface area contributed by atoms with Crippen molar-refractivity contribution >= 4 is 23.8 Å². The Hall–Kier alpha value is -2.07. The minimum absolute atomic E-state index is 0.846. The van der Waals surface area contributed by atoms with Crippen LogP contribution in [0.4, 0.5) is 0 Å². The van der Waals surface area contributed by atoms with Crippen molar-refractivity contribution in [1.29, 1.82) is 0 Å². The SMILES string of the molecule is O=C(O)C=Cc1cccc(CSc2ccncc2)c1. The molecule has 96 valence electrons. The maximum absolute atomic E-state index is 10.5. The molecule has 0 spiro atoms. The van der Waals surface area contributed by atoms with Crippen LogP contribution >= 0.6 is 11.8 Å². The first-order chi connectivity index (χ1) is 9.24. The molecule has 0 radical (unpaired) electrons. The second-order valence-electron chi connectivity index (χ2n) is 3.89. The van der Waals surface area contributed by atoms with Gasteiger partial charge < -0.3 is 5.11 Å². The van der Waals surface area contributed by atoms with E-state index >= 15 is 0 Å². The van der Waals surface area contributed by atoms with Crippen molar-refractivity contribution in [3.8, 4) is 0 Å². The number of thioether (sulfide) groups is 1. The largest absolute Gasteiger partial charge is 0.478 e. The van der Waals surface area contributed by atoms with Gasteiger partial charge in [0.1, 0.15) is 0 Å². The van der Waals surface area contributed by atoms with Gasteiger partial charge >= 0.3 is 5.97 Å². The van der Waals surface area contributed by atoms with Gasteiger partial charge in [-0.25, -0.2) is 4.79 Å². The number of rotatable bonds is 5. The molecule has 0 fully saturated rings. The van der Waals surface area contributed by atoms with Crippen LogP contribution in [0.1, 0.15) is 11.1 Å². The molecule has 0 aliphatic rings. The molecule has 0 unspecified atom stereocenters. The van der Waals surface area contributed by atoms with Gasteiger partial charge in [-0.2, -0.15) is 0 Å². The Morgan fingerprint density at radius 3 is 2.79 bits per heavy atom. The van der Waals surface area contributed by atoms with E-state index < -0.39 is 5.97 Å². The summed E-state index contributed by atoms with van der Waals surface area (Å²) in [6.45, 7) is 0. The van der Waals surface area contributed by atoms with Crippen molar-refractivity contribution in [3.05, 3.63) is 66.0 Å². The molecular weight excluding hydrogens is 258 g/mol. The predicted octanol–water partition coefficient (Wildman–Crippen LogP) is 3.47. The summed E-state index contributed by atoms with van der Waals surface area (Å²) >= 11 is 1.73. The number of aromatic nitrogens is 1. The summed E-state index contributed by atoms with van der Waals surface area (Å²) in [7, 11) is 0. The molecule has 2 rings (SSSR count). The third-order valence-corrected chi connectivity index (χ3v) is 3.51. The van der Waals surface area contributed by atoms with Crippen LogP contribution in [0.15, 0.2) is 59.8 Å². The van der Waals surface area contributed by atoms with Crippen molar-refractivity contribution in [2.24, 2.45) is 0 Å². The van der Waals surface area contributed by atoms with Crippen molar-refractivity contribution in [1.82, 2.24) is 4.98 Å². The fraction of sp³-hybridized carbons (Fsp3) is 0.0667. The second-order valence-corrected chi connectivity index (χ2v) is 4.94. The van der Waals surface area contributed by atoms with E-state index in [2.05, 4.69) is 4.98 Å². The number of carboxylic acids is 1. The maximum atomic E-state index is 10.5. The lowest BCUT2D eigenvalue weighted by atomic mass is 10.1. The Kier molecular flexibility index (Phi) is 4.75. The van der Waals surface area contributed by atoms with E-state index in [1.165, 1.54) is 4.90 Å². The second kappa shape index (κ2) is 6.75. The molecule has 0 aliphatic carbocycles. The van der Waals surface area contributed by atoms with Crippen LogP contribution in [0.5, 0.6) is 0 Å². The minimum atomic E-state index is -0.934. The number of hydrogen-bond donors (Lipinski definition) is 1. The van der Waals surface area contributed by atoms with E-state index in [0.29, 0.717) is 0 Å². The summed E-state index contributed by atoms with van der Waals surface area (Å²) in [6.07, 6.45) is 6.29. The number of pyridine rings is 1. The Labute approximate surface area is 116 Å². The van der Waals surface area contributed by atoms with Crippen molar-refractivity contribution in [3.63, 3.8) is 0 Å². The van der Waals surface area contributed by atoms with E-state index in [1.807, 2.05) is 36.4 Å². The molecule has 0 saturated heterocycles. The van der Waals surface area contributed by atoms with Gasteiger partial charge in [0.25, 0.3) is 0 Å². The third-order valence-electron chi connectivity index (χ3n) is 2.42. The minimum Gasteiger partial charge on any atom is -0.478 e. The molecule has 4 heteroatoms. The van der Waals surface area contributed by atoms with Gasteiger partial charge in [-0.05, 0) is 29.3 Å². The lowest BCUT2D eigenvalue weighted by molar-refractivity contribution is -0.131. The average Bonchev–Trinajstić information content (AvgIpc) is 2.44. The van der Waals surface area contributed by atoms with Crippen LogP contribution in [0.2, 0.25) is 0 Å². The fourth-order valence-electron chi connectivity index (χ4n) is 1.56. The van der Waals surface area contributed by atoms with Crippen LogP contribution in [0.25, 0.3) is 6.08 Å².